The maximum atomic E-state index is 12.5. The summed E-state index contributed by atoms with van der Waals surface area (Å²) >= 11 is 0. The summed E-state index contributed by atoms with van der Waals surface area (Å²) in [5.41, 5.74) is 0.462. The van der Waals surface area contributed by atoms with Crippen molar-refractivity contribution in [2.75, 3.05) is 25.5 Å². The summed E-state index contributed by atoms with van der Waals surface area (Å²) in [6, 6.07) is 6.95. The quantitative estimate of drug-likeness (QED) is 0.852. The highest BCUT2D eigenvalue weighted by Crippen LogP contribution is 2.26. The van der Waals surface area contributed by atoms with E-state index in [2.05, 4.69) is 15.5 Å². The minimum absolute atomic E-state index is 0.0436. The monoisotopic (exact) mass is 344 g/mol. The molecule has 0 aliphatic carbocycles. The van der Waals surface area contributed by atoms with Gasteiger partial charge < -0.3 is 19.5 Å². The first-order valence-corrected chi connectivity index (χ1v) is 8.12. The molecule has 1 aliphatic heterocycles. The summed E-state index contributed by atoms with van der Waals surface area (Å²) in [5.74, 6) is 0.269. The maximum Gasteiger partial charge on any atom is 0.314 e. The van der Waals surface area contributed by atoms with Crippen LogP contribution in [-0.2, 0) is 9.59 Å². The molecule has 8 heteroatoms. The fourth-order valence-electron chi connectivity index (χ4n) is 2.91. The van der Waals surface area contributed by atoms with Gasteiger partial charge >= 0.3 is 11.8 Å². The van der Waals surface area contributed by atoms with Crippen molar-refractivity contribution in [2.24, 2.45) is 0 Å². The molecule has 25 heavy (non-hydrogen) atoms. The van der Waals surface area contributed by atoms with Gasteiger partial charge in [-0.2, -0.15) is 4.98 Å². The third-order valence-electron chi connectivity index (χ3n) is 4.15. The Morgan fingerprint density at radius 1 is 1.36 bits per heavy atom. The summed E-state index contributed by atoms with van der Waals surface area (Å²) in [4.78, 5) is 30.6. The van der Waals surface area contributed by atoms with E-state index in [0.717, 1.165) is 12.8 Å². The molecule has 1 saturated heterocycles. The fraction of sp³-hybridized carbons (Fsp3) is 0.412. The van der Waals surface area contributed by atoms with Crippen molar-refractivity contribution in [2.45, 2.75) is 25.7 Å². The van der Waals surface area contributed by atoms with Gasteiger partial charge in [-0.15, -0.1) is 0 Å². The number of anilines is 1. The van der Waals surface area contributed by atoms with Crippen molar-refractivity contribution >= 4 is 17.5 Å². The number of piperidine rings is 1. The number of hydrogen-bond donors (Lipinski definition) is 1. The molecule has 0 unspecified atom stereocenters. The van der Waals surface area contributed by atoms with Crippen LogP contribution in [0.5, 0.6) is 5.75 Å². The van der Waals surface area contributed by atoms with Crippen LogP contribution in [0, 0.1) is 6.92 Å². The van der Waals surface area contributed by atoms with E-state index in [9.17, 15) is 9.59 Å². The molecular formula is C17H20N4O4. The number of likely N-dealkylation sites (tertiary alicyclic amines) is 1. The van der Waals surface area contributed by atoms with E-state index in [1.54, 1.807) is 31.2 Å². The number of carbonyl (C=O) groups is 2. The summed E-state index contributed by atoms with van der Waals surface area (Å²) in [7, 11) is 1.51. The number of para-hydroxylation sites is 2. The van der Waals surface area contributed by atoms with Crippen molar-refractivity contribution in [1.29, 1.82) is 0 Å². The van der Waals surface area contributed by atoms with Crippen LogP contribution in [0.3, 0.4) is 0 Å². The molecule has 2 heterocycles. The molecule has 132 valence electrons. The first-order valence-electron chi connectivity index (χ1n) is 8.12. The second-order valence-electron chi connectivity index (χ2n) is 5.92. The van der Waals surface area contributed by atoms with E-state index < -0.39 is 11.8 Å². The Hall–Kier alpha value is -2.90. The largest absolute Gasteiger partial charge is 0.495 e. The molecule has 1 N–H and O–H groups in total. The number of aromatic nitrogens is 2. The molecule has 1 aromatic heterocycles. The number of carbonyl (C=O) groups excluding carboxylic acids is 2. The van der Waals surface area contributed by atoms with Gasteiger partial charge in [0.25, 0.3) is 0 Å². The number of amides is 2. The second kappa shape index (κ2) is 7.33. The average Bonchev–Trinajstić information content (AvgIpc) is 3.08. The van der Waals surface area contributed by atoms with Crippen LogP contribution in [0.15, 0.2) is 28.8 Å². The van der Waals surface area contributed by atoms with Crippen LogP contribution in [0.25, 0.3) is 0 Å². The highest BCUT2D eigenvalue weighted by molar-refractivity contribution is 6.39. The molecule has 1 atom stereocenters. The highest BCUT2D eigenvalue weighted by atomic mass is 16.5. The molecule has 1 fully saturated rings. The van der Waals surface area contributed by atoms with Gasteiger partial charge in [0.2, 0.25) is 5.89 Å². The molecule has 0 bridgehead atoms. The maximum absolute atomic E-state index is 12.5. The molecule has 0 spiro atoms. The zero-order chi connectivity index (χ0) is 17.8. The van der Waals surface area contributed by atoms with Crippen LogP contribution in [0.2, 0.25) is 0 Å². The van der Waals surface area contributed by atoms with Gasteiger partial charge in [-0.25, -0.2) is 0 Å². The lowest BCUT2D eigenvalue weighted by molar-refractivity contribution is -0.144. The number of nitrogens with zero attached hydrogens (tertiary/aromatic N) is 3. The second-order valence-corrected chi connectivity index (χ2v) is 5.92. The van der Waals surface area contributed by atoms with Gasteiger partial charge in [-0.1, -0.05) is 17.3 Å². The number of rotatable bonds is 3. The Bertz CT molecular complexity index is 774. The van der Waals surface area contributed by atoms with Crippen LogP contribution in [0.4, 0.5) is 5.69 Å². The number of ether oxygens (including phenoxy) is 1. The topological polar surface area (TPSA) is 97.6 Å². The SMILES string of the molecule is COc1ccccc1NC(=O)C(=O)N1CCC[C@H](c2nc(C)no2)C1. The number of nitrogens with one attached hydrogen (secondary N) is 1. The van der Waals surface area contributed by atoms with E-state index in [1.165, 1.54) is 12.0 Å². The Morgan fingerprint density at radius 3 is 2.88 bits per heavy atom. The molecule has 0 saturated carbocycles. The van der Waals surface area contributed by atoms with Crippen LogP contribution in [-0.4, -0.2) is 47.1 Å². The lowest BCUT2D eigenvalue weighted by Crippen LogP contribution is -2.44. The Morgan fingerprint density at radius 2 is 2.16 bits per heavy atom. The van der Waals surface area contributed by atoms with Gasteiger partial charge in [0.1, 0.15) is 5.75 Å². The molecule has 0 radical (unpaired) electrons. The molecular weight excluding hydrogens is 324 g/mol. The normalized spacial score (nSPS) is 17.2. The molecule has 1 aromatic carbocycles. The molecule has 1 aliphatic rings. The molecule has 2 aromatic rings. The smallest absolute Gasteiger partial charge is 0.314 e. The minimum Gasteiger partial charge on any atom is -0.495 e. The van der Waals surface area contributed by atoms with Crippen LogP contribution in [0.1, 0.15) is 30.5 Å². The summed E-state index contributed by atoms with van der Waals surface area (Å²) < 4.78 is 10.4. The Balaban J connectivity index is 1.66. The molecule has 3 rings (SSSR count). The summed E-state index contributed by atoms with van der Waals surface area (Å²) in [5, 5.41) is 6.40. The zero-order valence-electron chi connectivity index (χ0n) is 14.2. The zero-order valence-corrected chi connectivity index (χ0v) is 14.2. The number of benzene rings is 1. The summed E-state index contributed by atoms with van der Waals surface area (Å²) in [6.07, 6.45) is 1.62. The van der Waals surface area contributed by atoms with Crippen molar-refractivity contribution in [1.82, 2.24) is 15.0 Å². The van der Waals surface area contributed by atoms with Gasteiger partial charge in [0, 0.05) is 13.1 Å². The van der Waals surface area contributed by atoms with Crippen molar-refractivity contribution in [3.63, 3.8) is 0 Å². The first kappa shape index (κ1) is 16.9. The van der Waals surface area contributed by atoms with Crippen molar-refractivity contribution in [3.8, 4) is 5.75 Å². The number of hydrogen-bond acceptors (Lipinski definition) is 6. The lowest BCUT2D eigenvalue weighted by atomic mass is 9.98. The van der Waals surface area contributed by atoms with Gasteiger partial charge in [0.05, 0.1) is 18.7 Å². The van der Waals surface area contributed by atoms with Gasteiger partial charge in [-0.05, 0) is 31.9 Å². The van der Waals surface area contributed by atoms with E-state index >= 15 is 0 Å². The van der Waals surface area contributed by atoms with Crippen molar-refractivity contribution < 1.29 is 18.8 Å². The minimum atomic E-state index is -0.688. The first-order chi connectivity index (χ1) is 12.1. The van der Waals surface area contributed by atoms with Crippen molar-refractivity contribution in [3.05, 3.63) is 36.0 Å². The van der Waals surface area contributed by atoms with E-state index in [4.69, 9.17) is 9.26 Å². The third-order valence-corrected chi connectivity index (χ3v) is 4.15. The molecule has 2 amide bonds. The Kier molecular flexibility index (Phi) is 4.97. The highest BCUT2D eigenvalue weighted by Gasteiger charge is 2.31. The van der Waals surface area contributed by atoms with Crippen LogP contribution >= 0.6 is 0 Å². The number of aryl methyl sites for hydroxylation is 1. The van der Waals surface area contributed by atoms with Gasteiger partial charge in [0.15, 0.2) is 5.82 Å². The van der Waals surface area contributed by atoms with Crippen LogP contribution < -0.4 is 10.1 Å². The van der Waals surface area contributed by atoms with E-state index in [0.29, 0.717) is 36.2 Å². The third kappa shape index (κ3) is 3.78. The average molecular weight is 344 g/mol. The van der Waals surface area contributed by atoms with E-state index in [1.807, 2.05) is 0 Å². The molecule has 8 nitrogen and oxygen atoms in total. The van der Waals surface area contributed by atoms with Gasteiger partial charge in [-0.3, -0.25) is 9.59 Å². The predicted molar refractivity (Wildman–Crippen MR) is 89.2 cm³/mol. The number of methoxy groups -OCH3 is 1. The summed E-state index contributed by atoms with van der Waals surface area (Å²) in [6.45, 7) is 2.67. The Labute approximate surface area is 145 Å². The standard InChI is InChI=1S/C17H20N4O4/c1-11-18-16(25-20-11)12-6-5-9-21(10-12)17(23)15(22)19-13-7-3-4-8-14(13)24-2/h3-4,7-8,12H,5-6,9-10H2,1-2H3,(H,19,22)/t12-/m0/s1. The van der Waals surface area contributed by atoms with E-state index in [-0.39, 0.29) is 5.92 Å². The fourth-order valence-corrected chi connectivity index (χ4v) is 2.91. The predicted octanol–water partition coefficient (Wildman–Crippen LogP) is 1.73. The lowest BCUT2D eigenvalue weighted by Gasteiger charge is -2.30.